The van der Waals surface area contributed by atoms with Crippen LogP contribution < -0.4 is 10.1 Å². The summed E-state index contributed by atoms with van der Waals surface area (Å²) in [5.41, 5.74) is 0.879. The number of halogens is 1. The molecule has 1 aromatic carbocycles. The number of aliphatic hydroxyl groups is 1. The standard InChI is InChI=1S/C15H24FNO3/c1-4-7-17-11(2)14-6-5-12(16)8-15(14)20-10-13(18)9-19-3/h5-6,8,11,13,17-18H,4,7,9-10H2,1-3H3. The number of rotatable bonds is 9. The maximum Gasteiger partial charge on any atom is 0.127 e. The zero-order valence-corrected chi connectivity index (χ0v) is 12.4. The Hall–Kier alpha value is -1.17. The van der Waals surface area contributed by atoms with E-state index in [9.17, 15) is 9.50 Å². The lowest BCUT2D eigenvalue weighted by molar-refractivity contribution is 0.0321. The summed E-state index contributed by atoms with van der Waals surface area (Å²) in [4.78, 5) is 0. The summed E-state index contributed by atoms with van der Waals surface area (Å²) >= 11 is 0. The highest BCUT2D eigenvalue weighted by Crippen LogP contribution is 2.26. The van der Waals surface area contributed by atoms with Gasteiger partial charge < -0.3 is 19.9 Å². The molecule has 2 unspecified atom stereocenters. The second-order valence-corrected chi connectivity index (χ2v) is 4.78. The fourth-order valence-corrected chi connectivity index (χ4v) is 1.89. The molecule has 0 spiro atoms. The van der Waals surface area contributed by atoms with Gasteiger partial charge in [0.25, 0.3) is 0 Å². The normalized spacial score (nSPS) is 14.1. The quantitative estimate of drug-likeness (QED) is 0.731. The van der Waals surface area contributed by atoms with Gasteiger partial charge in [0.15, 0.2) is 0 Å². The first kappa shape index (κ1) is 16.9. The summed E-state index contributed by atoms with van der Waals surface area (Å²) < 4.78 is 23.7. The molecule has 4 nitrogen and oxygen atoms in total. The molecule has 0 aliphatic heterocycles. The molecular weight excluding hydrogens is 261 g/mol. The summed E-state index contributed by atoms with van der Waals surface area (Å²) in [7, 11) is 1.51. The van der Waals surface area contributed by atoms with Gasteiger partial charge in [0, 0.05) is 24.8 Å². The largest absolute Gasteiger partial charge is 0.490 e. The number of methoxy groups -OCH3 is 1. The number of ether oxygens (including phenoxy) is 2. The van der Waals surface area contributed by atoms with Crippen molar-refractivity contribution in [2.75, 3.05) is 26.9 Å². The van der Waals surface area contributed by atoms with Crippen LogP contribution in [0.25, 0.3) is 0 Å². The van der Waals surface area contributed by atoms with Crippen LogP contribution in [0.1, 0.15) is 31.9 Å². The SMILES string of the molecule is CCCNC(C)c1ccc(F)cc1OCC(O)COC. The van der Waals surface area contributed by atoms with Crippen LogP contribution in [0.5, 0.6) is 5.75 Å². The monoisotopic (exact) mass is 285 g/mol. The van der Waals surface area contributed by atoms with E-state index in [0.717, 1.165) is 18.5 Å². The van der Waals surface area contributed by atoms with Crippen molar-refractivity contribution in [2.45, 2.75) is 32.4 Å². The van der Waals surface area contributed by atoms with E-state index in [-0.39, 0.29) is 25.1 Å². The van der Waals surface area contributed by atoms with E-state index < -0.39 is 6.10 Å². The van der Waals surface area contributed by atoms with E-state index in [1.165, 1.54) is 19.2 Å². The van der Waals surface area contributed by atoms with Crippen molar-refractivity contribution in [3.8, 4) is 5.75 Å². The Bertz CT molecular complexity index is 401. The fraction of sp³-hybridized carbons (Fsp3) is 0.600. The van der Waals surface area contributed by atoms with E-state index in [0.29, 0.717) is 5.75 Å². The maximum absolute atomic E-state index is 13.3. The number of aliphatic hydroxyl groups excluding tert-OH is 1. The van der Waals surface area contributed by atoms with Gasteiger partial charge in [0.1, 0.15) is 24.3 Å². The van der Waals surface area contributed by atoms with Crippen molar-refractivity contribution in [3.05, 3.63) is 29.6 Å². The Morgan fingerprint density at radius 3 is 2.75 bits per heavy atom. The molecule has 0 heterocycles. The van der Waals surface area contributed by atoms with Crippen molar-refractivity contribution in [1.29, 1.82) is 0 Å². The minimum Gasteiger partial charge on any atom is -0.490 e. The summed E-state index contributed by atoms with van der Waals surface area (Å²) in [6.45, 7) is 5.23. The molecule has 1 rings (SSSR count). The Morgan fingerprint density at radius 1 is 1.35 bits per heavy atom. The summed E-state index contributed by atoms with van der Waals surface area (Å²) in [5, 5.41) is 12.9. The molecule has 0 aliphatic rings. The van der Waals surface area contributed by atoms with Gasteiger partial charge >= 0.3 is 0 Å². The summed E-state index contributed by atoms with van der Waals surface area (Å²) in [6.07, 6.45) is 0.295. The molecular formula is C15H24FNO3. The first-order valence-corrected chi connectivity index (χ1v) is 6.91. The molecule has 1 aromatic rings. The number of nitrogens with one attached hydrogen (secondary N) is 1. The van der Waals surface area contributed by atoms with Crippen LogP contribution in [0, 0.1) is 5.82 Å². The van der Waals surface area contributed by atoms with Gasteiger partial charge in [-0.15, -0.1) is 0 Å². The molecule has 5 heteroatoms. The van der Waals surface area contributed by atoms with E-state index in [2.05, 4.69) is 12.2 Å². The molecule has 0 bridgehead atoms. The van der Waals surface area contributed by atoms with E-state index in [4.69, 9.17) is 9.47 Å². The van der Waals surface area contributed by atoms with Gasteiger partial charge in [0.05, 0.1) is 6.61 Å². The predicted molar refractivity (Wildman–Crippen MR) is 76.5 cm³/mol. The molecule has 0 fully saturated rings. The molecule has 0 amide bonds. The highest BCUT2D eigenvalue weighted by atomic mass is 19.1. The second kappa shape index (κ2) is 8.89. The van der Waals surface area contributed by atoms with Crippen LogP contribution in [-0.2, 0) is 4.74 Å². The number of hydrogen-bond donors (Lipinski definition) is 2. The zero-order chi connectivity index (χ0) is 15.0. The highest BCUT2D eigenvalue weighted by molar-refractivity contribution is 5.36. The van der Waals surface area contributed by atoms with Crippen LogP contribution >= 0.6 is 0 Å². The Morgan fingerprint density at radius 2 is 2.10 bits per heavy atom. The van der Waals surface area contributed by atoms with Crippen molar-refractivity contribution < 1.29 is 19.0 Å². The summed E-state index contributed by atoms with van der Waals surface area (Å²) in [5.74, 6) is 0.101. The maximum atomic E-state index is 13.3. The van der Waals surface area contributed by atoms with Gasteiger partial charge in [-0.2, -0.15) is 0 Å². The molecule has 0 radical (unpaired) electrons. The lowest BCUT2D eigenvalue weighted by atomic mass is 10.1. The van der Waals surface area contributed by atoms with Crippen molar-refractivity contribution in [2.24, 2.45) is 0 Å². The summed E-state index contributed by atoms with van der Waals surface area (Å²) in [6, 6.07) is 4.53. The Kier molecular flexibility index (Phi) is 7.51. The second-order valence-electron chi connectivity index (χ2n) is 4.78. The minimum atomic E-state index is -0.727. The molecule has 2 atom stereocenters. The highest BCUT2D eigenvalue weighted by Gasteiger charge is 2.14. The third-order valence-electron chi connectivity index (χ3n) is 2.93. The first-order valence-electron chi connectivity index (χ1n) is 6.91. The molecule has 0 saturated carbocycles. The molecule has 0 aromatic heterocycles. The van der Waals surface area contributed by atoms with Crippen molar-refractivity contribution in [1.82, 2.24) is 5.32 Å². The topological polar surface area (TPSA) is 50.7 Å². The molecule has 20 heavy (non-hydrogen) atoms. The number of hydrogen-bond acceptors (Lipinski definition) is 4. The van der Waals surface area contributed by atoms with Gasteiger partial charge in [-0.3, -0.25) is 0 Å². The minimum absolute atomic E-state index is 0.0603. The zero-order valence-electron chi connectivity index (χ0n) is 12.4. The molecule has 114 valence electrons. The van der Waals surface area contributed by atoms with Crippen LogP contribution in [0.2, 0.25) is 0 Å². The Labute approximate surface area is 119 Å². The molecule has 0 saturated heterocycles. The molecule has 2 N–H and O–H groups in total. The predicted octanol–water partition coefficient (Wildman–Crippen LogP) is 2.27. The van der Waals surface area contributed by atoms with E-state index in [1.807, 2.05) is 6.92 Å². The smallest absolute Gasteiger partial charge is 0.127 e. The number of benzene rings is 1. The van der Waals surface area contributed by atoms with Gasteiger partial charge in [-0.05, 0) is 26.0 Å². The molecule has 0 aliphatic carbocycles. The fourth-order valence-electron chi connectivity index (χ4n) is 1.89. The van der Waals surface area contributed by atoms with Gasteiger partial charge in [-0.25, -0.2) is 4.39 Å². The van der Waals surface area contributed by atoms with Crippen LogP contribution in [-0.4, -0.2) is 38.1 Å². The lowest BCUT2D eigenvalue weighted by Crippen LogP contribution is -2.24. The van der Waals surface area contributed by atoms with E-state index >= 15 is 0 Å². The van der Waals surface area contributed by atoms with Crippen molar-refractivity contribution in [3.63, 3.8) is 0 Å². The van der Waals surface area contributed by atoms with Gasteiger partial charge in [-0.1, -0.05) is 13.0 Å². The average molecular weight is 285 g/mol. The Balaban J connectivity index is 2.74. The van der Waals surface area contributed by atoms with E-state index in [1.54, 1.807) is 6.07 Å². The average Bonchev–Trinajstić information content (AvgIpc) is 2.43. The van der Waals surface area contributed by atoms with Crippen LogP contribution in [0.3, 0.4) is 0 Å². The third-order valence-corrected chi connectivity index (χ3v) is 2.93. The first-order chi connectivity index (χ1) is 9.58. The third kappa shape index (κ3) is 5.45. The van der Waals surface area contributed by atoms with Crippen LogP contribution in [0.4, 0.5) is 4.39 Å². The lowest BCUT2D eigenvalue weighted by Gasteiger charge is -2.19. The van der Waals surface area contributed by atoms with Crippen LogP contribution in [0.15, 0.2) is 18.2 Å². The van der Waals surface area contributed by atoms with Gasteiger partial charge in [0.2, 0.25) is 0 Å². The van der Waals surface area contributed by atoms with Crippen molar-refractivity contribution >= 4 is 0 Å².